The Morgan fingerprint density at radius 1 is 1.06 bits per heavy atom. The first-order valence-corrected chi connectivity index (χ1v) is 5.79. The third-order valence-electron chi connectivity index (χ3n) is 3.05. The highest BCUT2D eigenvalue weighted by Gasteiger charge is 2.15. The second-order valence-electron chi connectivity index (χ2n) is 5.49. The molecule has 0 aliphatic heterocycles. The Bertz CT molecular complexity index is 621. The van der Waals surface area contributed by atoms with E-state index in [1.54, 1.807) is 0 Å². The molecule has 2 N–H and O–H groups in total. The number of carboxylic acids is 1. The Balaban J connectivity index is 2.69. The topological polar surface area (TPSA) is 57.5 Å². The van der Waals surface area contributed by atoms with Gasteiger partial charge in [0.05, 0.1) is 0 Å². The number of carboxylic acid groups (broad SMARTS) is 1. The zero-order valence-corrected chi connectivity index (χ0v) is 10.7. The summed E-state index contributed by atoms with van der Waals surface area (Å²) in [6.07, 6.45) is 0. The number of benzene rings is 2. The summed E-state index contributed by atoms with van der Waals surface area (Å²) in [6, 6.07) is 8.89. The Kier molecular flexibility index (Phi) is 2.77. The van der Waals surface area contributed by atoms with E-state index in [1.807, 2.05) is 18.2 Å². The van der Waals surface area contributed by atoms with E-state index in [2.05, 4.69) is 20.8 Å². The lowest BCUT2D eigenvalue weighted by atomic mass is 9.85. The van der Waals surface area contributed by atoms with Crippen LogP contribution in [0.5, 0.6) is 5.75 Å². The predicted molar refractivity (Wildman–Crippen MR) is 71.3 cm³/mol. The summed E-state index contributed by atoms with van der Waals surface area (Å²) in [5.74, 6) is -1.31. The Morgan fingerprint density at radius 3 is 2.28 bits per heavy atom. The molecular weight excluding hydrogens is 228 g/mol. The number of hydrogen-bond acceptors (Lipinski definition) is 2. The van der Waals surface area contributed by atoms with Crippen LogP contribution >= 0.6 is 0 Å². The van der Waals surface area contributed by atoms with Gasteiger partial charge < -0.3 is 10.2 Å². The van der Waals surface area contributed by atoms with Crippen molar-refractivity contribution in [2.75, 3.05) is 0 Å². The van der Waals surface area contributed by atoms with Crippen molar-refractivity contribution in [3.63, 3.8) is 0 Å². The third-order valence-corrected chi connectivity index (χ3v) is 3.05. The molecule has 3 heteroatoms. The Hall–Kier alpha value is -2.03. The molecular formula is C15H16O3. The second-order valence-corrected chi connectivity index (χ2v) is 5.49. The number of aromatic hydroxyl groups is 1. The van der Waals surface area contributed by atoms with Gasteiger partial charge in [0.2, 0.25) is 0 Å². The molecule has 0 spiro atoms. The van der Waals surface area contributed by atoms with Gasteiger partial charge in [0, 0.05) is 0 Å². The van der Waals surface area contributed by atoms with E-state index in [9.17, 15) is 9.90 Å². The predicted octanol–water partition coefficient (Wildman–Crippen LogP) is 3.54. The molecule has 2 aromatic rings. The molecule has 0 amide bonds. The van der Waals surface area contributed by atoms with Gasteiger partial charge in [-0.3, -0.25) is 0 Å². The van der Waals surface area contributed by atoms with Crippen molar-refractivity contribution in [1.82, 2.24) is 0 Å². The molecule has 3 nitrogen and oxygen atoms in total. The summed E-state index contributed by atoms with van der Waals surface area (Å²) >= 11 is 0. The number of fused-ring (bicyclic) bond motifs is 1. The zero-order valence-electron chi connectivity index (χ0n) is 10.7. The molecule has 0 aromatic heterocycles. The fraction of sp³-hybridized carbons (Fsp3) is 0.267. The SMILES string of the molecule is CC(C)(C)c1ccc2cc(O)c(C(=O)O)cc2c1. The van der Waals surface area contributed by atoms with Crippen molar-refractivity contribution in [2.24, 2.45) is 0 Å². The van der Waals surface area contributed by atoms with Crippen LogP contribution in [0.1, 0.15) is 36.7 Å². The van der Waals surface area contributed by atoms with E-state index in [0.717, 1.165) is 16.3 Å². The van der Waals surface area contributed by atoms with Gasteiger partial charge in [-0.15, -0.1) is 0 Å². The Labute approximate surface area is 106 Å². The highest BCUT2D eigenvalue weighted by atomic mass is 16.4. The second kappa shape index (κ2) is 4.02. The van der Waals surface area contributed by atoms with Gasteiger partial charge in [0.15, 0.2) is 0 Å². The smallest absolute Gasteiger partial charge is 0.339 e. The van der Waals surface area contributed by atoms with Crippen LogP contribution in [0, 0.1) is 0 Å². The van der Waals surface area contributed by atoms with Gasteiger partial charge in [-0.25, -0.2) is 4.79 Å². The molecule has 0 bridgehead atoms. The van der Waals surface area contributed by atoms with Gasteiger partial charge in [-0.1, -0.05) is 39.0 Å². The van der Waals surface area contributed by atoms with Crippen molar-refractivity contribution in [2.45, 2.75) is 26.2 Å². The maximum Gasteiger partial charge on any atom is 0.339 e. The van der Waals surface area contributed by atoms with Gasteiger partial charge in [0.1, 0.15) is 11.3 Å². The molecule has 2 aromatic carbocycles. The number of rotatable bonds is 1. The van der Waals surface area contributed by atoms with Crippen LogP contribution in [0.4, 0.5) is 0 Å². The van der Waals surface area contributed by atoms with Crippen LogP contribution in [0.25, 0.3) is 10.8 Å². The molecule has 94 valence electrons. The summed E-state index contributed by atoms with van der Waals surface area (Å²) in [5.41, 5.74) is 1.08. The number of hydrogen-bond donors (Lipinski definition) is 2. The lowest BCUT2D eigenvalue weighted by Gasteiger charge is -2.19. The molecule has 0 aliphatic rings. The average Bonchev–Trinajstić information content (AvgIpc) is 2.25. The lowest BCUT2D eigenvalue weighted by Crippen LogP contribution is -2.10. The highest BCUT2D eigenvalue weighted by Crippen LogP contribution is 2.29. The minimum atomic E-state index is -1.12. The van der Waals surface area contributed by atoms with Crippen molar-refractivity contribution >= 4 is 16.7 Å². The van der Waals surface area contributed by atoms with E-state index in [4.69, 9.17) is 5.11 Å². The minimum Gasteiger partial charge on any atom is -0.507 e. The van der Waals surface area contributed by atoms with Crippen LogP contribution in [-0.4, -0.2) is 16.2 Å². The van der Waals surface area contributed by atoms with Gasteiger partial charge in [-0.2, -0.15) is 0 Å². The quantitative estimate of drug-likeness (QED) is 0.806. The third kappa shape index (κ3) is 2.16. The number of carbonyl (C=O) groups is 1. The summed E-state index contributed by atoms with van der Waals surface area (Å²) < 4.78 is 0. The van der Waals surface area contributed by atoms with Gasteiger partial charge in [0.25, 0.3) is 0 Å². The summed E-state index contributed by atoms with van der Waals surface area (Å²) in [5, 5.41) is 20.3. The van der Waals surface area contributed by atoms with Crippen molar-refractivity contribution < 1.29 is 15.0 Å². The first-order chi connectivity index (χ1) is 8.29. The summed E-state index contributed by atoms with van der Waals surface area (Å²) in [7, 11) is 0. The van der Waals surface area contributed by atoms with E-state index in [1.165, 1.54) is 12.1 Å². The molecule has 0 unspecified atom stereocenters. The Morgan fingerprint density at radius 2 is 1.72 bits per heavy atom. The summed E-state index contributed by atoms with van der Waals surface area (Å²) in [4.78, 5) is 11.0. The maximum absolute atomic E-state index is 11.0. The molecule has 0 saturated heterocycles. The number of aromatic carboxylic acids is 1. The lowest BCUT2D eigenvalue weighted by molar-refractivity contribution is 0.0694. The fourth-order valence-electron chi connectivity index (χ4n) is 1.92. The maximum atomic E-state index is 11.0. The molecule has 0 atom stereocenters. The molecule has 2 rings (SSSR count). The zero-order chi connectivity index (χ0) is 13.5. The molecule has 0 radical (unpaired) electrons. The van der Waals surface area contributed by atoms with Crippen molar-refractivity contribution in [3.05, 3.63) is 41.5 Å². The van der Waals surface area contributed by atoms with Crippen molar-refractivity contribution in [1.29, 1.82) is 0 Å². The van der Waals surface area contributed by atoms with Gasteiger partial charge in [-0.05, 0) is 33.9 Å². The van der Waals surface area contributed by atoms with Gasteiger partial charge >= 0.3 is 5.97 Å². The normalized spacial score (nSPS) is 11.7. The van der Waals surface area contributed by atoms with Crippen LogP contribution in [0.3, 0.4) is 0 Å². The standard InChI is InChI=1S/C15H16O3/c1-15(2,3)11-5-4-9-8-13(16)12(14(17)18)7-10(9)6-11/h4-8,16H,1-3H3,(H,17,18). The van der Waals surface area contributed by atoms with Crippen molar-refractivity contribution in [3.8, 4) is 5.75 Å². The van der Waals surface area contributed by atoms with E-state index in [0.29, 0.717) is 0 Å². The van der Waals surface area contributed by atoms with E-state index < -0.39 is 5.97 Å². The van der Waals surface area contributed by atoms with Crippen LogP contribution in [0.2, 0.25) is 0 Å². The monoisotopic (exact) mass is 244 g/mol. The van der Waals surface area contributed by atoms with E-state index in [-0.39, 0.29) is 16.7 Å². The molecule has 0 heterocycles. The molecule has 0 fully saturated rings. The average molecular weight is 244 g/mol. The first kappa shape index (κ1) is 12.4. The molecule has 18 heavy (non-hydrogen) atoms. The summed E-state index contributed by atoms with van der Waals surface area (Å²) in [6.45, 7) is 6.31. The largest absolute Gasteiger partial charge is 0.507 e. The fourth-order valence-corrected chi connectivity index (χ4v) is 1.92. The van der Waals surface area contributed by atoms with Crippen LogP contribution in [-0.2, 0) is 5.41 Å². The van der Waals surface area contributed by atoms with Crippen LogP contribution < -0.4 is 0 Å². The highest BCUT2D eigenvalue weighted by molar-refractivity contribution is 5.97. The first-order valence-electron chi connectivity index (χ1n) is 5.79. The number of phenols is 1. The molecule has 0 saturated carbocycles. The molecule has 0 aliphatic carbocycles. The van der Waals surface area contributed by atoms with E-state index >= 15 is 0 Å². The minimum absolute atomic E-state index is 0.00939. The van der Waals surface area contributed by atoms with Crippen LogP contribution in [0.15, 0.2) is 30.3 Å².